The third kappa shape index (κ3) is 3.50. The van der Waals surface area contributed by atoms with Crippen LogP contribution in [-0.2, 0) is 16.6 Å². The molecule has 116 valence electrons. The van der Waals surface area contributed by atoms with E-state index in [1.54, 1.807) is 12.1 Å². The van der Waals surface area contributed by atoms with Crippen molar-refractivity contribution >= 4 is 10.0 Å². The van der Waals surface area contributed by atoms with E-state index in [9.17, 15) is 17.2 Å². The van der Waals surface area contributed by atoms with E-state index in [2.05, 4.69) is 0 Å². The number of hydrogen-bond acceptors (Lipinski definition) is 4. The van der Waals surface area contributed by atoms with E-state index < -0.39 is 26.6 Å². The lowest BCUT2D eigenvalue weighted by Crippen LogP contribution is -2.32. The van der Waals surface area contributed by atoms with E-state index in [1.165, 1.54) is 6.26 Å². The molecule has 0 fully saturated rings. The summed E-state index contributed by atoms with van der Waals surface area (Å²) in [6, 6.07) is 7.15. The average Bonchev–Trinajstić information content (AvgIpc) is 2.98. The fourth-order valence-electron chi connectivity index (χ4n) is 1.85. The van der Waals surface area contributed by atoms with Crippen molar-refractivity contribution in [2.24, 2.45) is 0 Å². The highest BCUT2D eigenvalue weighted by Crippen LogP contribution is 2.22. The van der Waals surface area contributed by atoms with Crippen molar-refractivity contribution in [2.75, 3.05) is 6.54 Å². The molecular formula is C14H12F2N2O3S. The Morgan fingerprint density at radius 2 is 2.05 bits per heavy atom. The molecular weight excluding hydrogens is 314 g/mol. The van der Waals surface area contributed by atoms with Crippen molar-refractivity contribution < 1.29 is 21.6 Å². The molecule has 1 aromatic carbocycles. The summed E-state index contributed by atoms with van der Waals surface area (Å²) in [6.07, 6.45) is 1.28. The molecule has 1 aromatic heterocycles. The van der Waals surface area contributed by atoms with Crippen LogP contribution in [0.1, 0.15) is 12.2 Å². The molecule has 2 rings (SSSR count). The Bertz CT molecular complexity index is 783. The van der Waals surface area contributed by atoms with Crippen LogP contribution in [-0.4, -0.2) is 19.3 Å². The van der Waals surface area contributed by atoms with Crippen LogP contribution >= 0.6 is 0 Å². The van der Waals surface area contributed by atoms with Gasteiger partial charge in [0.05, 0.1) is 18.9 Å². The van der Waals surface area contributed by atoms with E-state index in [0.29, 0.717) is 11.8 Å². The number of rotatable bonds is 6. The Kier molecular flexibility index (Phi) is 4.90. The zero-order valence-electron chi connectivity index (χ0n) is 11.4. The first kappa shape index (κ1) is 16.1. The second-order valence-corrected chi connectivity index (χ2v) is 6.31. The maximum absolute atomic E-state index is 13.8. The number of furan rings is 1. The molecule has 0 aliphatic rings. The smallest absolute Gasteiger partial charge is 0.246 e. The van der Waals surface area contributed by atoms with E-state index in [1.807, 2.05) is 6.07 Å². The summed E-state index contributed by atoms with van der Waals surface area (Å²) < 4.78 is 58.0. The molecule has 0 unspecified atom stereocenters. The van der Waals surface area contributed by atoms with Crippen molar-refractivity contribution in [1.82, 2.24) is 4.31 Å². The minimum absolute atomic E-state index is 0.0864. The van der Waals surface area contributed by atoms with Crippen molar-refractivity contribution in [3.05, 3.63) is 54.0 Å². The molecule has 0 aliphatic carbocycles. The molecule has 22 heavy (non-hydrogen) atoms. The molecule has 0 atom stereocenters. The Hall–Kier alpha value is -2.24. The Morgan fingerprint density at radius 3 is 2.68 bits per heavy atom. The Balaban J connectivity index is 2.40. The van der Waals surface area contributed by atoms with Crippen molar-refractivity contribution in [2.45, 2.75) is 17.9 Å². The standard InChI is InChI=1S/C14H12F2N2O3S/c15-11-4-5-13(16)14(9-11)22(19,20)18(7-2-6-17)10-12-3-1-8-21-12/h1,3-5,8-9H,2,7,10H2. The second kappa shape index (κ2) is 6.68. The number of sulfonamides is 1. The number of hydrogen-bond donors (Lipinski definition) is 0. The molecule has 0 aliphatic heterocycles. The lowest BCUT2D eigenvalue weighted by molar-refractivity contribution is 0.366. The van der Waals surface area contributed by atoms with Gasteiger partial charge in [-0.2, -0.15) is 9.57 Å². The highest BCUT2D eigenvalue weighted by molar-refractivity contribution is 7.89. The Labute approximate surface area is 126 Å². The number of benzene rings is 1. The Morgan fingerprint density at radius 1 is 1.27 bits per heavy atom. The summed E-state index contributed by atoms with van der Waals surface area (Å²) in [6.45, 7) is -0.331. The largest absolute Gasteiger partial charge is 0.468 e. The van der Waals surface area contributed by atoms with E-state index in [4.69, 9.17) is 9.68 Å². The second-order valence-electron chi connectivity index (χ2n) is 4.40. The van der Waals surface area contributed by atoms with Gasteiger partial charge in [0.2, 0.25) is 10.0 Å². The van der Waals surface area contributed by atoms with Gasteiger partial charge in [-0.05, 0) is 30.3 Å². The third-order valence-corrected chi connectivity index (χ3v) is 4.76. The first-order valence-electron chi connectivity index (χ1n) is 6.29. The van der Waals surface area contributed by atoms with Gasteiger partial charge < -0.3 is 4.42 Å². The average molecular weight is 326 g/mol. The van der Waals surface area contributed by atoms with Crippen molar-refractivity contribution in [1.29, 1.82) is 5.26 Å². The summed E-state index contributed by atoms with van der Waals surface area (Å²) in [5, 5.41) is 8.65. The maximum Gasteiger partial charge on any atom is 0.246 e. The lowest BCUT2D eigenvalue weighted by Gasteiger charge is -2.20. The van der Waals surface area contributed by atoms with Gasteiger partial charge in [-0.15, -0.1) is 0 Å². The molecule has 2 aromatic rings. The summed E-state index contributed by atoms with van der Waals surface area (Å²) in [5.41, 5.74) is 0. The quantitative estimate of drug-likeness (QED) is 0.818. The molecule has 0 radical (unpaired) electrons. The first-order chi connectivity index (χ1) is 10.4. The number of halogens is 2. The van der Waals surface area contributed by atoms with Gasteiger partial charge in [0.15, 0.2) is 0 Å². The zero-order chi connectivity index (χ0) is 16.2. The fourth-order valence-corrected chi connectivity index (χ4v) is 3.33. The molecule has 0 N–H and O–H groups in total. The number of nitrogens with zero attached hydrogens (tertiary/aromatic N) is 2. The molecule has 0 saturated heterocycles. The molecule has 0 amide bonds. The molecule has 8 heteroatoms. The van der Waals surface area contributed by atoms with Gasteiger partial charge >= 0.3 is 0 Å². The van der Waals surface area contributed by atoms with Gasteiger partial charge in [0.25, 0.3) is 0 Å². The minimum atomic E-state index is -4.30. The molecule has 5 nitrogen and oxygen atoms in total. The van der Waals surface area contributed by atoms with Crippen LogP contribution in [0.25, 0.3) is 0 Å². The topological polar surface area (TPSA) is 74.3 Å². The van der Waals surface area contributed by atoms with Crippen LogP contribution in [0.2, 0.25) is 0 Å². The van der Waals surface area contributed by atoms with Gasteiger partial charge in [-0.3, -0.25) is 0 Å². The van der Waals surface area contributed by atoms with Crippen LogP contribution in [0.5, 0.6) is 0 Å². The highest BCUT2D eigenvalue weighted by Gasteiger charge is 2.28. The minimum Gasteiger partial charge on any atom is -0.468 e. The van der Waals surface area contributed by atoms with Crippen LogP contribution in [0, 0.1) is 23.0 Å². The zero-order valence-corrected chi connectivity index (χ0v) is 12.2. The predicted molar refractivity (Wildman–Crippen MR) is 72.9 cm³/mol. The van der Waals surface area contributed by atoms with Gasteiger partial charge in [0, 0.05) is 13.0 Å². The lowest BCUT2D eigenvalue weighted by atomic mass is 10.3. The van der Waals surface area contributed by atoms with Crippen molar-refractivity contribution in [3.8, 4) is 6.07 Å². The van der Waals surface area contributed by atoms with E-state index in [-0.39, 0.29) is 19.5 Å². The molecule has 0 saturated carbocycles. The predicted octanol–water partition coefficient (Wildman–Crippen LogP) is 2.66. The molecule has 0 bridgehead atoms. The molecule has 0 spiro atoms. The third-order valence-electron chi connectivity index (χ3n) is 2.90. The molecule has 1 heterocycles. The van der Waals surface area contributed by atoms with Gasteiger partial charge in [0.1, 0.15) is 22.3 Å². The highest BCUT2D eigenvalue weighted by atomic mass is 32.2. The van der Waals surface area contributed by atoms with Crippen LogP contribution < -0.4 is 0 Å². The first-order valence-corrected chi connectivity index (χ1v) is 7.73. The summed E-state index contributed by atoms with van der Waals surface area (Å²) in [4.78, 5) is -0.767. The van der Waals surface area contributed by atoms with Crippen LogP contribution in [0.15, 0.2) is 45.9 Å². The van der Waals surface area contributed by atoms with Crippen LogP contribution in [0.3, 0.4) is 0 Å². The van der Waals surface area contributed by atoms with E-state index in [0.717, 1.165) is 16.4 Å². The summed E-state index contributed by atoms with van der Waals surface area (Å²) in [5.74, 6) is -1.58. The van der Waals surface area contributed by atoms with Gasteiger partial charge in [-0.1, -0.05) is 0 Å². The maximum atomic E-state index is 13.8. The number of nitriles is 1. The SMILES string of the molecule is N#CCCN(Cc1ccco1)S(=O)(=O)c1cc(F)ccc1F. The van der Waals surface area contributed by atoms with Crippen molar-refractivity contribution in [3.63, 3.8) is 0 Å². The fraction of sp³-hybridized carbons (Fsp3) is 0.214. The summed E-state index contributed by atoms with van der Waals surface area (Å²) in [7, 11) is -4.30. The van der Waals surface area contributed by atoms with Gasteiger partial charge in [-0.25, -0.2) is 17.2 Å². The normalized spacial score (nSPS) is 11.5. The summed E-state index contributed by atoms with van der Waals surface area (Å²) >= 11 is 0. The monoisotopic (exact) mass is 326 g/mol. The van der Waals surface area contributed by atoms with Crippen LogP contribution in [0.4, 0.5) is 8.78 Å². The van der Waals surface area contributed by atoms with E-state index >= 15 is 0 Å².